The molecule has 284 valence electrons. The zero-order valence-corrected chi connectivity index (χ0v) is 31.6. The number of aromatic hydroxyl groups is 1. The van der Waals surface area contributed by atoms with Gasteiger partial charge in [0.15, 0.2) is 5.43 Å². The predicted octanol–water partition coefficient (Wildman–Crippen LogP) is 6.03. The van der Waals surface area contributed by atoms with Gasteiger partial charge in [0.05, 0.1) is 38.6 Å². The summed E-state index contributed by atoms with van der Waals surface area (Å²) in [6.45, 7) is 0.320. The Bertz CT molecular complexity index is 2690. The molecule has 0 spiro atoms. The van der Waals surface area contributed by atoms with Gasteiger partial charge in [-0.3, -0.25) is 19.2 Å². The summed E-state index contributed by atoms with van der Waals surface area (Å²) in [7, 11) is 0. The molecule has 1 unspecified atom stereocenters. The van der Waals surface area contributed by atoms with Gasteiger partial charge >= 0.3 is 17.9 Å². The molecule has 3 heterocycles. The number of nitrogens with zero attached hydrogens (tertiary/aromatic N) is 1. The Balaban J connectivity index is 0.000000164. The average Bonchev–Trinajstić information content (AvgIpc) is 3.16. The van der Waals surface area contributed by atoms with Gasteiger partial charge in [-0.15, -0.1) is 0 Å². The number of halogens is 2. The Morgan fingerprint density at radius 1 is 0.821 bits per heavy atom. The van der Waals surface area contributed by atoms with Gasteiger partial charge in [0.25, 0.3) is 0 Å². The summed E-state index contributed by atoms with van der Waals surface area (Å²) in [6.07, 6.45) is -0.334. The molecule has 0 radical (unpaired) electrons. The SMILES string of the molecule is N#Cc1cc(Br)cc2c(=O)cc(C(=O)O)[nH]c12.O=C(O)CC1Nc2c(O)cccc2NC1=O.O=C(O)c1[nH]c2c(OCc3ccccc3)cccc2c(=O)c1Br. The first kappa shape index (κ1) is 40.2. The van der Waals surface area contributed by atoms with Crippen LogP contribution in [0.3, 0.4) is 0 Å². The number of rotatable bonds is 7. The van der Waals surface area contributed by atoms with Gasteiger partial charge in [0.2, 0.25) is 11.3 Å². The number of carboxylic acid groups (broad SMARTS) is 3. The van der Waals surface area contributed by atoms with Crippen LogP contribution in [0.15, 0.2) is 103 Å². The molecule has 18 heteroatoms. The van der Waals surface area contributed by atoms with Crippen LogP contribution in [0.25, 0.3) is 21.8 Å². The standard InChI is InChI=1S/C17H12BrNO4.C11H5BrN2O3.C10H10N2O4/c18-13-15(17(21)22)19-14-11(16(13)20)7-4-8-12(14)23-9-10-5-2-1-3-6-10;12-6-1-5(4-13)10-7(2-6)9(15)3-8(14-10)11(16)17;13-7-3-1-2-5-9(7)11-6(4-8(14)15)10(16)12-5/h1-8H,9H2,(H,19,20)(H,21,22);1-3H,(H,14,15)(H,16,17);1-3,6,11,13H,4H2,(H,12,16)(H,14,15). The number of pyridine rings is 2. The van der Waals surface area contributed by atoms with Crippen molar-refractivity contribution in [1.82, 2.24) is 9.97 Å². The van der Waals surface area contributed by atoms with Gasteiger partial charge in [-0.25, -0.2) is 9.59 Å². The molecule has 2 aromatic heterocycles. The van der Waals surface area contributed by atoms with E-state index >= 15 is 0 Å². The molecule has 6 aromatic rings. The third-order valence-corrected chi connectivity index (χ3v) is 9.17. The lowest BCUT2D eigenvalue weighted by molar-refractivity contribution is -0.138. The first-order valence-corrected chi connectivity index (χ1v) is 17.6. The number of amides is 1. The lowest BCUT2D eigenvalue weighted by Gasteiger charge is -2.26. The van der Waals surface area contributed by atoms with Crippen molar-refractivity contribution in [3.63, 3.8) is 0 Å². The van der Waals surface area contributed by atoms with Crippen molar-refractivity contribution in [2.75, 3.05) is 10.6 Å². The predicted molar refractivity (Wildman–Crippen MR) is 210 cm³/mol. The van der Waals surface area contributed by atoms with E-state index in [1.54, 1.807) is 36.4 Å². The van der Waals surface area contributed by atoms with E-state index in [2.05, 4.69) is 52.5 Å². The summed E-state index contributed by atoms with van der Waals surface area (Å²) in [5.41, 5.74) is 1.35. The lowest BCUT2D eigenvalue weighted by atomic mass is 10.1. The number of aromatic nitrogens is 2. The fraction of sp³-hybridized carbons (Fsp3) is 0.0789. The molecular formula is C38H27Br2N5O11. The maximum absolute atomic E-state index is 12.3. The van der Waals surface area contributed by atoms with Crippen LogP contribution in [0.5, 0.6) is 11.5 Å². The molecule has 4 aromatic carbocycles. The molecule has 1 atom stereocenters. The van der Waals surface area contributed by atoms with Gasteiger partial charge in [-0.2, -0.15) is 5.26 Å². The van der Waals surface area contributed by atoms with Crippen LogP contribution in [0.4, 0.5) is 11.4 Å². The maximum Gasteiger partial charge on any atom is 0.353 e. The molecule has 56 heavy (non-hydrogen) atoms. The van der Waals surface area contributed by atoms with Crippen LogP contribution in [0, 0.1) is 11.3 Å². The van der Waals surface area contributed by atoms with Crippen molar-refractivity contribution in [1.29, 1.82) is 5.26 Å². The quantitative estimate of drug-likeness (QED) is 0.0852. The van der Waals surface area contributed by atoms with Crippen LogP contribution in [0.2, 0.25) is 0 Å². The van der Waals surface area contributed by atoms with Crippen molar-refractivity contribution in [2.24, 2.45) is 0 Å². The van der Waals surface area contributed by atoms with Crippen LogP contribution in [0.1, 0.15) is 38.5 Å². The van der Waals surface area contributed by atoms with Crippen LogP contribution >= 0.6 is 31.9 Å². The van der Waals surface area contributed by atoms with Gasteiger partial charge in [-0.1, -0.05) is 58.4 Å². The van der Waals surface area contributed by atoms with Crippen molar-refractivity contribution in [3.8, 4) is 17.6 Å². The molecular weight excluding hydrogens is 862 g/mol. The normalized spacial score (nSPS) is 12.7. The van der Waals surface area contributed by atoms with Crippen molar-refractivity contribution in [3.05, 3.63) is 137 Å². The zero-order chi connectivity index (χ0) is 40.7. The number of fused-ring (bicyclic) bond motifs is 3. The molecule has 16 nitrogen and oxygen atoms in total. The molecule has 1 amide bonds. The molecule has 0 saturated heterocycles. The molecule has 8 N–H and O–H groups in total. The van der Waals surface area contributed by atoms with E-state index in [1.165, 1.54) is 12.1 Å². The van der Waals surface area contributed by atoms with Crippen molar-refractivity contribution < 1.29 is 44.3 Å². The summed E-state index contributed by atoms with van der Waals surface area (Å²) < 4.78 is 6.35. The highest BCUT2D eigenvalue weighted by atomic mass is 79.9. The molecule has 1 aliphatic heterocycles. The third kappa shape index (κ3) is 9.21. The number of carboxylic acids is 3. The highest BCUT2D eigenvalue weighted by Gasteiger charge is 2.28. The Hall–Kier alpha value is -6.97. The van der Waals surface area contributed by atoms with Gasteiger partial charge in [-0.05, 0) is 57.9 Å². The summed E-state index contributed by atoms with van der Waals surface area (Å²) in [5.74, 6) is -3.54. The highest BCUT2D eigenvalue weighted by Crippen LogP contribution is 2.35. The maximum atomic E-state index is 12.3. The first-order valence-electron chi connectivity index (χ1n) is 16.0. The number of phenols is 1. The van der Waals surface area contributed by atoms with E-state index in [4.69, 9.17) is 20.2 Å². The molecule has 0 aliphatic carbocycles. The Kier molecular flexibility index (Phi) is 12.5. The summed E-state index contributed by atoms with van der Waals surface area (Å²) >= 11 is 6.22. The van der Waals surface area contributed by atoms with E-state index in [0.29, 0.717) is 39.1 Å². The minimum atomic E-state index is -1.24. The number of anilines is 2. The molecule has 0 saturated carbocycles. The summed E-state index contributed by atoms with van der Waals surface area (Å²) in [4.78, 5) is 73.4. The second-order valence-electron chi connectivity index (χ2n) is 11.7. The first-order chi connectivity index (χ1) is 26.7. The number of H-pyrrole nitrogens is 2. The third-order valence-electron chi connectivity index (χ3n) is 7.96. The Morgan fingerprint density at radius 3 is 2.20 bits per heavy atom. The van der Waals surface area contributed by atoms with E-state index in [9.17, 15) is 39.0 Å². The molecule has 1 aliphatic rings. The number of carbonyl (C=O) groups excluding carboxylic acids is 1. The van der Waals surface area contributed by atoms with Crippen molar-refractivity contribution in [2.45, 2.75) is 19.1 Å². The van der Waals surface area contributed by atoms with E-state index < -0.39 is 35.3 Å². The smallest absolute Gasteiger partial charge is 0.353 e. The topological polar surface area (TPSA) is 272 Å². The number of aromatic amines is 2. The minimum Gasteiger partial charge on any atom is -0.506 e. The number of para-hydroxylation sites is 2. The number of nitrogens with one attached hydrogen (secondary N) is 4. The van der Waals surface area contributed by atoms with Crippen LogP contribution in [-0.4, -0.2) is 60.3 Å². The van der Waals surface area contributed by atoms with Crippen molar-refractivity contribution >= 4 is 88.9 Å². The second-order valence-corrected chi connectivity index (χ2v) is 13.4. The summed E-state index contributed by atoms with van der Waals surface area (Å²) in [6, 6.07) is 24.4. The van der Waals surface area contributed by atoms with Gasteiger partial charge in [0.1, 0.15) is 47.3 Å². The zero-order valence-electron chi connectivity index (χ0n) is 28.4. The lowest BCUT2D eigenvalue weighted by Crippen LogP contribution is -2.40. The minimum absolute atomic E-state index is 0.00212. The number of carbonyl (C=O) groups is 4. The fourth-order valence-corrected chi connectivity index (χ4v) is 6.30. The van der Waals surface area contributed by atoms with Crippen LogP contribution in [-0.2, 0) is 16.2 Å². The monoisotopic (exact) mass is 887 g/mol. The number of ether oxygens (including phenoxy) is 1. The van der Waals surface area contributed by atoms with Crippen LogP contribution < -0.4 is 26.2 Å². The van der Waals surface area contributed by atoms with E-state index in [-0.39, 0.29) is 49.9 Å². The Labute approximate surface area is 331 Å². The van der Waals surface area contributed by atoms with E-state index in [0.717, 1.165) is 11.6 Å². The number of benzene rings is 4. The van der Waals surface area contributed by atoms with E-state index in [1.807, 2.05) is 36.4 Å². The number of phenolic OH excluding ortho intramolecular Hbond substituents is 1. The largest absolute Gasteiger partial charge is 0.506 e. The highest BCUT2D eigenvalue weighted by molar-refractivity contribution is 9.10. The number of hydrogen-bond acceptors (Lipinski definition) is 10. The fourth-order valence-electron chi connectivity index (χ4n) is 5.36. The molecule has 7 rings (SSSR count). The number of hydrogen-bond donors (Lipinski definition) is 8. The van der Waals surface area contributed by atoms with Gasteiger partial charge < -0.3 is 45.8 Å². The number of nitriles is 1. The average molecular weight is 889 g/mol. The number of aliphatic carboxylic acids is 1. The number of aromatic carboxylic acids is 2. The Morgan fingerprint density at radius 2 is 1.54 bits per heavy atom. The molecule has 0 fully saturated rings. The van der Waals surface area contributed by atoms with Gasteiger partial charge in [0, 0.05) is 15.9 Å². The summed E-state index contributed by atoms with van der Waals surface area (Å²) in [5, 5.41) is 51.0. The second kappa shape index (κ2) is 17.4. The molecule has 0 bridgehead atoms.